The van der Waals surface area contributed by atoms with E-state index in [1.165, 1.54) is 0 Å². The minimum atomic E-state index is -6.58. The smallest absolute Gasteiger partial charge is 0.292 e. The van der Waals surface area contributed by atoms with Gasteiger partial charge in [-0.1, -0.05) is 31.9 Å². The number of ether oxygens (including phenoxy) is 1. The van der Waals surface area contributed by atoms with Crippen LogP contribution in [-0.2, 0) is 33.3 Å². The third-order valence-electron chi connectivity index (χ3n) is 2.33. The van der Waals surface area contributed by atoms with Gasteiger partial charge in [-0.15, -0.1) is 26.3 Å². The second-order valence-corrected chi connectivity index (χ2v) is 9.97. The molecule has 0 rings (SSSR count). The van der Waals surface area contributed by atoms with Gasteiger partial charge in [0.15, 0.2) is 0 Å². The Morgan fingerprint density at radius 2 is 0.914 bits per heavy atom. The first-order valence-electron chi connectivity index (χ1n) is 8.20. The summed E-state index contributed by atoms with van der Waals surface area (Å²) in [7, 11) is -12.0. The molecule has 0 aliphatic heterocycles. The van der Waals surface area contributed by atoms with E-state index in [4.69, 9.17) is 0 Å². The molecule has 0 aromatic carbocycles. The maximum atomic E-state index is 11.6. The second-order valence-electron chi connectivity index (χ2n) is 5.24. The van der Waals surface area contributed by atoms with Crippen molar-refractivity contribution in [2.45, 2.75) is 49.4 Å². The number of halogens is 14. The molecular formula is C12H16Br2F12O7S2. The first-order chi connectivity index (χ1) is 15.3. The van der Waals surface area contributed by atoms with Crippen molar-refractivity contribution < 1.29 is 82.6 Å². The highest BCUT2D eigenvalue weighted by Gasteiger charge is 2.53. The van der Waals surface area contributed by atoms with Gasteiger partial charge in [0.25, 0.3) is 0 Å². The topological polar surface area (TPSA) is 96.0 Å². The summed E-state index contributed by atoms with van der Waals surface area (Å²) in [5.41, 5.74) is -11.4. The Hall–Kier alpha value is -0.100. The lowest BCUT2D eigenvalue weighted by Crippen LogP contribution is -2.31. The predicted molar refractivity (Wildman–Crippen MR) is 101 cm³/mol. The quantitative estimate of drug-likeness (QED) is 0.0885. The van der Waals surface area contributed by atoms with E-state index >= 15 is 0 Å². The van der Waals surface area contributed by atoms with E-state index in [0.29, 0.717) is 29.9 Å². The normalized spacial score (nSPS) is 13.4. The molecule has 0 aliphatic carbocycles. The lowest BCUT2D eigenvalue weighted by molar-refractivity contribution is -0.324. The molecule has 0 fully saturated rings. The Bertz CT molecular complexity index is 763. The fourth-order valence-electron chi connectivity index (χ4n) is 0.988. The fraction of sp³-hybridized carbons (Fsp3) is 1.00. The summed E-state index contributed by atoms with van der Waals surface area (Å²) in [6.45, 7) is -0.678. The number of hydrogen-bond acceptors (Lipinski definition) is 7. The molecule has 0 saturated heterocycles. The first kappa shape index (κ1) is 39.4. The summed E-state index contributed by atoms with van der Waals surface area (Å²) >= 11 is 6.14. The van der Waals surface area contributed by atoms with Gasteiger partial charge in [-0.25, -0.2) is 0 Å². The van der Waals surface area contributed by atoms with Crippen molar-refractivity contribution in [3.8, 4) is 0 Å². The zero-order chi connectivity index (χ0) is 28.8. The number of alkyl halides is 14. The maximum absolute atomic E-state index is 11.6. The third-order valence-corrected chi connectivity index (χ3v) is 5.47. The number of rotatable bonds is 10. The summed E-state index contributed by atoms with van der Waals surface area (Å²) in [6, 6.07) is 0. The zero-order valence-corrected chi connectivity index (χ0v) is 21.4. The minimum absolute atomic E-state index is 0.241. The van der Waals surface area contributed by atoms with Crippen molar-refractivity contribution in [1.82, 2.24) is 0 Å². The molecule has 0 aromatic rings. The van der Waals surface area contributed by atoms with Gasteiger partial charge in [-0.2, -0.15) is 47.4 Å². The average molecular weight is 724 g/mol. The molecule has 0 amide bonds. The molecule has 0 unspecified atom stereocenters. The summed E-state index contributed by atoms with van der Waals surface area (Å²) in [5, 5.41) is 1.32. The van der Waals surface area contributed by atoms with Crippen molar-refractivity contribution in [1.29, 1.82) is 0 Å². The van der Waals surface area contributed by atoms with Gasteiger partial charge in [0.05, 0.1) is 13.2 Å². The van der Waals surface area contributed by atoms with Gasteiger partial charge in [-0.3, -0.25) is 8.92 Å². The van der Waals surface area contributed by atoms with Crippen molar-refractivity contribution in [2.24, 2.45) is 0 Å². The van der Waals surface area contributed by atoms with Crippen LogP contribution in [0.4, 0.5) is 52.7 Å². The van der Waals surface area contributed by atoms with E-state index in [0.717, 1.165) is 0 Å². The van der Waals surface area contributed by atoms with Crippen molar-refractivity contribution in [3.05, 3.63) is 0 Å². The van der Waals surface area contributed by atoms with E-state index in [1.54, 1.807) is 0 Å². The molecule has 0 spiro atoms. The van der Waals surface area contributed by atoms with Crippen LogP contribution in [0.15, 0.2) is 0 Å². The maximum Gasteiger partial charge on any atom is 0.537 e. The molecular weight excluding hydrogens is 708 g/mol. The molecule has 0 atom stereocenters. The second kappa shape index (κ2) is 16.7. The minimum Gasteiger partial charge on any atom is -0.292 e. The third kappa shape index (κ3) is 24.0. The van der Waals surface area contributed by atoms with Gasteiger partial charge in [0.1, 0.15) is 0 Å². The van der Waals surface area contributed by atoms with Crippen LogP contribution in [-0.4, -0.2) is 64.5 Å². The van der Waals surface area contributed by atoms with Crippen LogP contribution in [0.1, 0.15) is 25.7 Å². The number of hydrogen-bond donors (Lipinski definition) is 0. The predicted octanol–water partition coefficient (Wildman–Crippen LogP) is 6.10. The van der Waals surface area contributed by atoms with Crippen LogP contribution in [0, 0.1) is 0 Å². The zero-order valence-electron chi connectivity index (χ0n) is 16.6. The molecule has 0 bridgehead atoms. The van der Waals surface area contributed by atoms with E-state index in [-0.39, 0.29) is 13.0 Å². The lowest BCUT2D eigenvalue weighted by atomic mass is 10.4. The molecule has 7 nitrogen and oxygen atoms in total. The van der Waals surface area contributed by atoms with Gasteiger partial charge in [0, 0.05) is 10.7 Å². The van der Waals surface area contributed by atoms with Gasteiger partial charge < -0.3 is 0 Å². The van der Waals surface area contributed by atoms with E-state index in [1.807, 2.05) is 4.18 Å². The van der Waals surface area contributed by atoms with Crippen LogP contribution >= 0.6 is 31.9 Å². The van der Waals surface area contributed by atoms with Crippen LogP contribution in [0.3, 0.4) is 0 Å². The summed E-state index contributed by atoms with van der Waals surface area (Å²) in [6.07, 6.45) is -8.37. The Balaban J connectivity index is -0.000000443. The first-order valence-corrected chi connectivity index (χ1v) is 13.3. The SMILES string of the molecule is FC(F)(F)OCCCCBr.O=S(=O)(OC(F)(F)F)C(F)(F)F.O=S(=O)(OCCCCBr)C(F)(F)F. The summed E-state index contributed by atoms with van der Waals surface area (Å²) < 4.78 is 184. The molecule has 0 heterocycles. The molecule has 35 heavy (non-hydrogen) atoms. The number of unbranched alkanes of at least 4 members (excludes halogenated alkanes) is 2. The molecule has 216 valence electrons. The van der Waals surface area contributed by atoms with Gasteiger partial charge >= 0.3 is 44.0 Å². The molecule has 23 heteroatoms. The monoisotopic (exact) mass is 722 g/mol. The van der Waals surface area contributed by atoms with Gasteiger partial charge in [-0.05, 0) is 25.7 Å². The molecule has 0 N–H and O–H groups in total. The van der Waals surface area contributed by atoms with E-state index < -0.39 is 50.6 Å². The van der Waals surface area contributed by atoms with Crippen LogP contribution in [0.25, 0.3) is 0 Å². The van der Waals surface area contributed by atoms with Crippen LogP contribution < -0.4 is 0 Å². The van der Waals surface area contributed by atoms with Crippen LogP contribution in [0.5, 0.6) is 0 Å². The van der Waals surface area contributed by atoms with Crippen molar-refractivity contribution in [3.63, 3.8) is 0 Å². The molecule has 0 radical (unpaired) electrons. The van der Waals surface area contributed by atoms with E-state index in [2.05, 4.69) is 40.8 Å². The van der Waals surface area contributed by atoms with Gasteiger partial charge in [0.2, 0.25) is 0 Å². The summed E-state index contributed by atoms with van der Waals surface area (Å²) in [5.74, 6) is 0. The average Bonchev–Trinajstić information content (AvgIpc) is 2.59. The van der Waals surface area contributed by atoms with Crippen LogP contribution in [0.2, 0.25) is 0 Å². The Kier molecular flexibility index (Phi) is 18.8. The standard InChI is InChI=1S/C5H8BrF3O3S.C5H8BrF3O.C2F6O3S/c6-3-1-2-4-12-13(10,11)5(7,8)9;6-3-1-2-4-10-5(7,8)9;3-1(4,5)11-12(9,10)2(6,7)8/h1-4H2;1-4H2;. The summed E-state index contributed by atoms with van der Waals surface area (Å²) in [4.78, 5) is 0. The largest absolute Gasteiger partial charge is 0.537 e. The highest BCUT2D eigenvalue weighted by Crippen LogP contribution is 2.30. The van der Waals surface area contributed by atoms with Crippen molar-refractivity contribution in [2.75, 3.05) is 23.9 Å². The van der Waals surface area contributed by atoms with Crippen molar-refractivity contribution >= 4 is 52.1 Å². The fourth-order valence-corrected chi connectivity index (χ4v) is 2.60. The lowest BCUT2D eigenvalue weighted by Gasteiger charge is -2.09. The Morgan fingerprint density at radius 3 is 1.17 bits per heavy atom. The Morgan fingerprint density at radius 1 is 0.543 bits per heavy atom. The molecule has 0 aromatic heterocycles. The highest BCUT2D eigenvalue weighted by atomic mass is 79.9. The van der Waals surface area contributed by atoms with E-state index in [9.17, 15) is 69.5 Å². The molecule has 0 aliphatic rings. The Labute approximate surface area is 207 Å². The highest BCUT2D eigenvalue weighted by molar-refractivity contribution is 9.09. The molecule has 0 saturated carbocycles.